The Labute approximate surface area is 212 Å². The standard InChI is InChI=1S/C30H32O6/c1-3-4-5-6-21-34-27-16-7-23(8-17-27)11-20-29(31)36-28-18-12-25(13-19-28)30(32)35-22-24-9-14-26(33-2)15-10-24/h7-20H,3-6,21-22H2,1-2H3/b20-11+. The first-order valence-electron chi connectivity index (χ1n) is 12.1. The number of carbonyl (C=O) groups is 2. The lowest BCUT2D eigenvalue weighted by Gasteiger charge is -2.07. The maximum absolute atomic E-state index is 12.3. The first-order valence-corrected chi connectivity index (χ1v) is 12.1. The van der Waals surface area contributed by atoms with Crippen LogP contribution in [0.4, 0.5) is 0 Å². The van der Waals surface area contributed by atoms with E-state index in [-0.39, 0.29) is 6.61 Å². The number of hydrogen-bond donors (Lipinski definition) is 0. The van der Waals surface area contributed by atoms with Crippen LogP contribution in [0.25, 0.3) is 6.08 Å². The van der Waals surface area contributed by atoms with Gasteiger partial charge in [-0.15, -0.1) is 0 Å². The van der Waals surface area contributed by atoms with Crippen molar-refractivity contribution in [2.45, 2.75) is 39.2 Å². The fourth-order valence-corrected chi connectivity index (χ4v) is 3.32. The van der Waals surface area contributed by atoms with Gasteiger partial charge in [-0.3, -0.25) is 0 Å². The zero-order chi connectivity index (χ0) is 25.6. The van der Waals surface area contributed by atoms with Crippen molar-refractivity contribution < 1.29 is 28.5 Å². The zero-order valence-electron chi connectivity index (χ0n) is 20.8. The molecule has 0 N–H and O–H groups in total. The van der Waals surface area contributed by atoms with Crippen LogP contribution in [-0.4, -0.2) is 25.7 Å². The van der Waals surface area contributed by atoms with E-state index in [1.54, 1.807) is 49.6 Å². The minimum Gasteiger partial charge on any atom is -0.497 e. The lowest BCUT2D eigenvalue weighted by atomic mass is 10.2. The third kappa shape index (κ3) is 8.95. The highest BCUT2D eigenvalue weighted by atomic mass is 16.5. The maximum Gasteiger partial charge on any atom is 0.338 e. The van der Waals surface area contributed by atoms with E-state index in [9.17, 15) is 9.59 Å². The van der Waals surface area contributed by atoms with Gasteiger partial charge in [-0.25, -0.2) is 9.59 Å². The van der Waals surface area contributed by atoms with Gasteiger partial charge in [0, 0.05) is 6.08 Å². The highest BCUT2D eigenvalue weighted by Gasteiger charge is 2.09. The molecule has 0 saturated heterocycles. The molecule has 0 aliphatic heterocycles. The molecule has 6 heteroatoms. The molecule has 3 aromatic carbocycles. The van der Waals surface area contributed by atoms with Crippen LogP contribution in [0.15, 0.2) is 78.9 Å². The van der Waals surface area contributed by atoms with Gasteiger partial charge in [0.15, 0.2) is 0 Å². The first kappa shape index (κ1) is 26.5. The fraction of sp³-hybridized carbons (Fsp3) is 0.267. The van der Waals surface area contributed by atoms with Gasteiger partial charge in [0.05, 0.1) is 19.3 Å². The molecule has 0 aliphatic rings. The second-order valence-electron chi connectivity index (χ2n) is 8.18. The van der Waals surface area contributed by atoms with Crippen molar-refractivity contribution >= 4 is 18.0 Å². The van der Waals surface area contributed by atoms with E-state index in [0.29, 0.717) is 17.9 Å². The van der Waals surface area contributed by atoms with E-state index in [1.165, 1.54) is 25.3 Å². The fourth-order valence-electron chi connectivity index (χ4n) is 3.32. The van der Waals surface area contributed by atoms with E-state index in [1.807, 2.05) is 36.4 Å². The number of rotatable bonds is 13. The molecule has 0 fully saturated rings. The zero-order valence-corrected chi connectivity index (χ0v) is 20.8. The number of carbonyl (C=O) groups excluding carboxylic acids is 2. The molecule has 0 unspecified atom stereocenters. The van der Waals surface area contributed by atoms with Crippen LogP contribution in [0.1, 0.15) is 54.1 Å². The molecule has 0 aromatic heterocycles. The Kier molecular flexibility index (Phi) is 10.6. The van der Waals surface area contributed by atoms with Crippen molar-refractivity contribution in [1.82, 2.24) is 0 Å². The average molecular weight is 489 g/mol. The topological polar surface area (TPSA) is 71.1 Å². The SMILES string of the molecule is CCCCCCOc1ccc(/C=C/C(=O)Oc2ccc(C(=O)OCc3ccc(OC)cc3)cc2)cc1. The first-order chi connectivity index (χ1) is 17.6. The number of benzene rings is 3. The van der Waals surface area contributed by atoms with E-state index < -0.39 is 11.9 Å². The van der Waals surface area contributed by atoms with Crippen LogP contribution >= 0.6 is 0 Å². The third-order valence-electron chi connectivity index (χ3n) is 5.40. The summed E-state index contributed by atoms with van der Waals surface area (Å²) in [7, 11) is 1.59. The minimum atomic E-state index is -0.513. The quantitative estimate of drug-likeness (QED) is 0.116. The molecule has 0 bridgehead atoms. The van der Waals surface area contributed by atoms with E-state index in [2.05, 4.69) is 6.92 Å². The highest BCUT2D eigenvalue weighted by molar-refractivity contribution is 5.90. The number of ether oxygens (including phenoxy) is 4. The van der Waals surface area contributed by atoms with Crippen molar-refractivity contribution in [3.63, 3.8) is 0 Å². The summed E-state index contributed by atoms with van der Waals surface area (Å²) in [5.41, 5.74) is 2.08. The number of methoxy groups -OCH3 is 1. The van der Waals surface area contributed by atoms with Crippen molar-refractivity contribution in [3.8, 4) is 17.2 Å². The summed E-state index contributed by atoms with van der Waals surface area (Å²) >= 11 is 0. The van der Waals surface area contributed by atoms with Gasteiger partial charge >= 0.3 is 11.9 Å². The van der Waals surface area contributed by atoms with Crippen LogP contribution in [0.3, 0.4) is 0 Å². The van der Waals surface area contributed by atoms with Crippen molar-refractivity contribution in [1.29, 1.82) is 0 Å². The molecule has 3 rings (SSSR count). The van der Waals surface area contributed by atoms with E-state index in [4.69, 9.17) is 18.9 Å². The van der Waals surface area contributed by atoms with E-state index >= 15 is 0 Å². The van der Waals surface area contributed by atoms with Crippen molar-refractivity contribution in [3.05, 3.63) is 95.6 Å². The lowest BCUT2D eigenvalue weighted by molar-refractivity contribution is -0.128. The summed E-state index contributed by atoms with van der Waals surface area (Å²) in [6.45, 7) is 3.04. The molecule has 36 heavy (non-hydrogen) atoms. The van der Waals surface area contributed by atoms with Gasteiger partial charge in [0.25, 0.3) is 0 Å². The van der Waals surface area contributed by atoms with E-state index in [0.717, 1.165) is 29.0 Å². The highest BCUT2D eigenvalue weighted by Crippen LogP contribution is 2.17. The van der Waals surface area contributed by atoms with Crippen LogP contribution in [0.2, 0.25) is 0 Å². The third-order valence-corrected chi connectivity index (χ3v) is 5.40. The van der Waals surface area contributed by atoms with Crippen molar-refractivity contribution in [2.75, 3.05) is 13.7 Å². The minimum absolute atomic E-state index is 0.149. The Morgan fingerprint density at radius 1 is 0.778 bits per heavy atom. The molecule has 0 amide bonds. The Hall–Kier alpha value is -4.06. The Bertz CT molecular complexity index is 1120. The Balaban J connectivity index is 1.42. The Morgan fingerprint density at radius 3 is 2.11 bits per heavy atom. The molecule has 188 valence electrons. The molecule has 0 atom stereocenters. The molecule has 0 heterocycles. The smallest absolute Gasteiger partial charge is 0.338 e. The Morgan fingerprint density at radius 2 is 1.44 bits per heavy atom. The molecular weight excluding hydrogens is 456 g/mol. The summed E-state index contributed by atoms with van der Waals surface area (Å²) in [5, 5.41) is 0. The van der Waals surface area contributed by atoms with Crippen LogP contribution < -0.4 is 14.2 Å². The largest absolute Gasteiger partial charge is 0.497 e. The van der Waals surface area contributed by atoms with Crippen LogP contribution in [-0.2, 0) is 16.1 Å². The van der Waals surface area contributed by atoms with Gasteiger partial charge in [0.1, 0.15) is 23.9 Å². The van der Waals surface area contributed by atoms with Gasteiger partial charge in [-0.1, -0.05) is 50.5 Å². The average Bonchev–Trinajstić information content (AvgIpc) is 2.92. The van der Waals surface area contributed by atoms with Gasteiger partial charge in [-0.05, 0) is 72.2 Å². The monoisotopic (exact) mass is 488 g/mol. The van der Waals surface area contributed by atoms with Crippen molar-refractivity contribution in [2.24, 2.45) is 0 Å². The molecule has 0 spiro atoms. The number of esters is 2. The summed E-state index contributed by atoms with van der Waals surface area (Å²) in [6.07, 6.45) is 7.70. The molecule has 0 saturated carbocycles. The maximum atomic E-state index is 12.3. The summed E-state index contributed by atoms with van der Waals surface area (Å²) in [4.78, 5) is 24.5. The van der Waals surface area contributed by atoms with Crippen LogP contribution in [0, 0.1) is 0 Å². The molecule has 3 aromatic rings. The normalized spacial score (nSPS) is 10.7. The predicted molar refractivity (Wildman–Crippen MR) is 139 cm³/mol. The van der Waals surface area contributed by atoms with Gasteiger partial charge in [0.2, 0.25) is 0 Å². The molecular formula is C30H32O6. The van der Waals surface area contributed by atoms with Gasteiger partial charge in [-0.2, -0.15) is 0 Å². The molecule has 6 nitrogen and oxygen atoms in total. The molecule has 0 aliphatic carbocycles. The lowest BCUT2D eigenvalue weighted by Crippen LogP contribution is -2.06. The number of hydrogen-bond acceptors (Lipinski definition) is 6. The number of unbranched alkanes of at least 4 members (excludes halogenated alkanes) is 3. The second kappa shape index (κ2) is 14.4. The summed E-state index contributed by atoms with van der Waals surface area (Å²) in [6, 6.07) is 21.1. The van der Waals surface area contributed by atoms with Gasteiger partial charge < -0.3 is 18.9 Å². The summed E-state index contributed by atoms with van der Waals surface area (Å²) in [5.74, 6) is 0.913. The predicted octanol–water partition coefficient (Wildman–Crippen LogP) is 6.63. The molecule has 0 radical (unpaired) electrons. The second-order valence-corrected chi connectivity index (χ2v) is 8.18. The van der Waals surface area contributed by atoms with Crippen LogP contribution in [0.5, 0.6) is 17.2 Å². The summed E-state index contributed by atoms with van der Waals surface area (Å²) < 4.78 is 21.5.